The number of rotatable bonds is 4. The van der Waals surface area contributed by atoms with Crippen LogP contribution >= 0.6 is 0 Å². The number of nitrogens with two attached hydrogens (primary N) is 1. The third kappa shape index (κ3) is 4.37. The van der Waals surface area contributed by atoms with Crippen molar-refractivity contribution in [2.24, 2.45) is 10.7 Å². The number of hydrogen-bond donors (Lipinski definition) is 3. The normalized spacial score (nSPS) is 21.4. The van der Waals surface area contributed by atoms with Crippen LogP contribution in [0.1, 0.15) is 30.0 Å². The van der Waals surface area contributed by atoms with Crippen molar-refractivity contribution < 1.29 is 23.0 Å². The van der Waals surface area contributed by atoms with Crippen LogP contribution < -0.4 is 11.1 Å². The number of hydrogen-bond acceptors (Lipinski definition) is 6. The lowest BCUT2D eigenvalue weighted by Gasteiger charge is -2.30. The van der Waals surface area contributed by atoms with Gasteiger partial charge in [-0.15, -0.1) is 0 Å². The van der Waals surface area contributed by atoms with Gasteiger partial charge in [0.1, 0.15) is 18.0 Å². The lowest BCUT2D eigenvalue weighted by atomic mass is 9.92. The summed E-state index contributed by atoms with van der Waals surface area (Å²) in [7, 11) is 0. The molecule has 27 heavy (non-hydrogen) atoms. The molecule has 6 nitrogen and oxygen atoms in total. The van der Waals surface area contributed by atoms with Gasteiger partial charge in [-0.2, -0.15) is 13.2 Å². The van der Waals surface area contributed by atoms with Crippen molar-refractivity contribution >= 4 is 11.5 Å². The molecule has 1 aliphatic heterocycles. The number of alkyl halides is 3. The van der Waals surface area contributed by atoms with E-state index in [0.29, 0.717) is 24.3 Å². The molecule has 0 saturated heterocycles. The molecule has 4 N–H and O–H groups in total. The molecular formula is C18H19F3N4O2. The maximum Gasteiger partial charge on any atom is 0.417 e. The van der Waals surface area contributed by atoms with Crippen LogP contribution in [0, 0.1) is 0 Å². The molecule has 1 aromatic heterocycles. The summed E-state index contributed by atoms with van der Waals surface area (Å²) in [5, 5.41) is 13.1. The molecule has 0 radical (unpaired) electrons. The second-order valence-electron chi connectivity index (χ2n) is 6.47. The Labute approximate surface area is 153 Å². The summed E-state index contributed by atoms with van der Waals surface area (Å²) in [5.74, 6) is 0.399. The third-order valence-electron chi connectivity index (χ3n) is 4.21. The zero-order valence-electron chi connectivity index (χ0n) is 14.5. The predicted octanol–water partition coefficient (Wildman–Crippen LogP) is 2.81. The molecule has 0 bridgehead atoms. The van der Waals surface area contributed by atoms with E-state index in [0.717, 1.165) is 17.7 Å². The predicted molar refractivity (Wildman–Crippen MR) is 94.1 cm³/mol. The highest BCUT2D eigenvalue weighted by atomic mass is 19.4. The van der Waals surface area contributed by atoms with Gasteiger partial charge in [-0.05, 0) is 36.8 Å². The van der Waals surface area contributed by atoms with Gasteiger partial charge in [0, 0.05) is 11.9 Å². The Hall–Kier alpha value is -2.65. The van der Waals surface area contributed by atoms with Gasteiger partial charge in [0.15, 0.2) is 6.23 Å². The number of ether oxygens (including phenoxy) is 1. The Bertz CT molecular complexity index is 839. The number of aromatic nitrogens is 1. The summed E-state index contributed by atoms with van der Waals surface area (Å²) in [4.78, 5) is 8.14. The fourth-order valence-electron chi connectivity index (χ4n) is 2.79. The standard InChI is InChI=1S/C18H19F3N4O2/c1-17(10-27-9-15(22)25-17)11-3-2-4-13(7-11)24-16(26)14-6-5-12(8-23-14)18(19,20)21/h2-8,16,24,26H,9-10H2,1H3,(H2,22,25). The molecule has 3 rings (SSSR count). The summed E-state index contributed by atoms with van der Waals surface area (Å²) in [6.45, 7) is 2.53. The van der Waals surface area contributed by atoms with E-state index in [9.17, 15) is 18.3 Å². The number of benzene rings is 1. The molecule has 0 amide bonds. The molecule has 0 spiro atoms. The van der Waals surface area contributed by atoms with Gasteiger partial charge < -0.3 is 20.9 Å². The van der Waals surface area contributed by atoms with E-state index < -0.39 is 23.5 Å². The van der Waals surface area contributed by atoms with Gasteiger partial charge in [-0.3, -0.25) is 9.98 Å². The average molecular weight is 380 g/mol. The Morgan fingerprint density at radius 1 is 1.30 bits per heavy atom. The number of aliphatic imine (C=N–C) groups is 1. The number of nitrogens with one attached hydrogen (secondary N) is 1. The Morgan fingerprint density at radius 2 is 2.07 bits per heavy atom. The van der Waals surface area contributed by atoms with Crippen molar-refractivity contribution in [1.29, 1.82) is 0 Å². The number of aliphatic hydroxyl groups is 1. The molecule has 0 saturated carbocycles. The largest absolute Gasteiger partial charge is 0.417 e. The maximum absolute atomic E-state index is 12.6. The van der Waals surface area contributed by atoms with Crippen LogP contribution in [0.3, 0.4) is 0 Å². The summed E-state index contributed by atoms with van der Waals surface area (Å²) < 4.78 is 43.3. The first-order valence-electron chi connectivity index (χ1n) is 8.18. The van der Waals surface area contributed by atoms with Gasteiger partial charge in [0.2, 0.25) is 0 Å². The summed E-state index contributed by atoms with van der Waals surface area (Å²) in [6, 6.07) is 9.14. The molecule has 9 heteroatoms. The molecular weight excluding hydrogens is 361 g/mol. The van der Waals surface area contributed by atoms with Crippen molar-refractivity contribution in [2.45, 2.75) is 24.9 Å². The smallest absolute Gasteiger partial charge is 0.386 e. The first-order valence-corrected chi connectivity index (χ1v) is 8.18. The van der Waals surface area contributed by atoms with Gasteiger partial charge in [0.25, 0.3) is 0 Å². The second-order valence-corrected chi connectivity index (χ2v) is 6.47. The highest BCUT2D eigenvalue weighted by Crippen LogP contribution is 2.31. The lowest BCUT2D eigenvalue weighted by Crippen LogP contribution is -2.37. The van der Waals surface area contributed by atoms with E-state index >= 15 is 0 Å². The van der Waals surface area contributed by atoms with Crippen LogP contribution in [0.4, 0.5) is 18.9 Å². The number of nitrogens with zero attached hydrogens (tertiary/aromatic N) is 2. The van der Waals surface area contributed by atoms with Gasteiger partial charge in [-0.25, -0.2) is 0 Å². The molecule has 2 atom stereocenters. The lowest BCUT2D eigenvalue weighted by molar-refractivity contribution is -0.137. The Balaban J connectivity index is 1.77. The highest BCUT2D eigenvalue weighted by Gasteiger charge is 2.31. The minimum absolute atomic E-state index is 0.0721. The van der Waals surface area contributed by atoms with E-state index in [2.05, 4.69) is 15.3 Å². The third-order valence-corrected chi connectivity index (χ3v) is 4.21. The molecule has 2 heterocycles. The summed E-state index contributed by atoms with van der Waals surface area (Å²) in [5.41, 5.74) is 5.69. The van der Waals surface area contributed by atoms with E-state index in [1.54, 1.807) is 18.2 Å². The molecule has 144 valence electrons. The van der Waals surface area contributed by atoms with Gasteiger partial charge in [-0.1, -0.05) is 12.1 Å². The fraction of sp³-hybridized carbons (Fsp3) is 0.333. The minimum atomic E-state index is -4.47. The second kappa shape index (κ2) is 7.16. The first kappa shape index (κ1) is 19.1. The maximum atomic E-state index is 12.6. The van der Waals surface area contributed by atoms with Crippen molar-refractivity contribution in [1.82, 2.24) is 4.98 Å². The van der Waals surface area contributed by atoms with E-state index in [4.69, 9.17) is 10.5 Å². The van der Waals surface area contributed by atoms with Crippen LogP contribution in [-0.4, -0.2) is 29.1 Å². The minimum Gasteiger partial charge on any atom is -0.386 e. The highest BCUT2D eigenvalue weighted by molar-refractivity contribution is 5.82. The monoisotopic (exact) mass is 380 g/mol. The van der Waals surface area contributed by atoms with E-state index in [1.165, 1.54) is 0 Å². The van der Waals surface area contributed by atoms with Crippen LogP contribution in [0.25, 0.3) is 0 Å². The van der Waals surface area contributed by atoms with Gasteiger partial charge in [0.05, 0.1) is 17.9 Å². The van der Waals surface area contributed by atoms with Crippen molar-refractivity contribution in [3.8, 4) is 0 Å². The van der Waals surface area contributed by atoms with Crippen LogP contribution in [0.5, 0.6) is 0 Å². The molecule has 2 aromatic rings. The summed E-state index contributed by atoms with van der Waals surface area (Å²) >= 11 is 0. The van der Waals surface area contributed by atoms with Crippen molar-refractivity contribution in [2.75, 3.05) is 18.5 Å². The number of halogens is 3. The van der Waals surface area contributed by atoms with Crippen molar-refractivity contribution in [3.63, 3.8) is 0 Å². The number of anilines is 1. The Morgan fingerprint density at radius 3 is 2.70 bits per heavy atom. The van der Waals surface area contributed by atoms with Crippen LogP contribution in [0.15, 0.2) is 47.6 Å². The number of pyridine rings is 1. The topological polar surface area (TPSA) is 92.8 Å². The Kier molecular flexibility index (Phi) is 5.07. The molecule has 2 unspecified atom stereocenters. The molecule has 0 aliphatic carbocycles. The zero-order valence-corrected chi connectivity index (χ0v) is 14.5. The summed E-state index contributed by atoms with van der Waals surface area (Å²) in [6.07, 6.45) is -5.06. The van der Waals surface area contributed by atoms with Gasteiger partial charge >= 0.3 is 6.18 Å². The SMILES string of the molecule is CC1(c2cccc(NC(O)c3ccc(C(F)(F)F)cn3)c2)COCC(N)=N1. The molecule has 1 aliphatic rings. The number of aliphatic hydroxyl groups excluding tert-OH is 1. The van der Waals surface area contributed by atoms with E-state index in [-0.39, 0.29) is 12.3 Å². The molecule has 0 fully saturated rings. The number of amidine groups is 1. The van der Waals surface area contributed by atoms with Crippen molar-refractivity contribution in [3.05, 3.63) is 59.4 Å². The quantitative estimate of drug-likeness (QED) is 0.710. The van der Waals surface area contributed by atoms with Crippen LogP contribution in [0.2, 0.25) is 0 Å². The van der Waals surface area contributed by atoms with Crippen LogP contribution in [-0.2, 0) is 16.5 Å². The average Bonchev–Trinajstić information content (AvgIpc) is 2.61. The molecule has 1 aromatic carbocycles. The van der Waals surface area contributed by atoms with E-state index in [1.807, 2.05) is 13.0 Å². The zero-order chi connectivity index (χ0) is 19.7. The fourth-order valence-corrected chi connectivity index (χ4v) is 2.79. The first-order chi connectivity index (χ1) is 12.7.